The summed E-state index contributed by atoms with van der Waals surface area (Å²) in [6.07, 6.45) is 6.15. The number of aromatic nitrogens is 2. The minimum Gasteiger partial charge on any atom is -0.497 e. The van der Waals surface area contributed by atoms with E-state index >= 15 is 0 Å². The Hall–Kier alpha value is -2.83. The van der Waals surface area contributed by atoms with Crippen LogP contribution in [0.4, 0.5) is 0 Å². The normalized spacial score (nSPS) is 11.7. The number of carbonyl (C=O) groups excluding carboxylic acids is 1. The number of aliphatic carboxylic acids is 1. The lowest BCUT2D eigenvalue weighted by atomic mass is 9.92. The molecule has 0 aliphatic heterocycles. The summed E-state index contributed by atoms with van der Waals surface area (Å²) in [5.41, 5.74) is 0.816. The van der Waals surface area contributed by atoms with Gasteiger partial charge in [0.2, 0.25) is 5.91 Å². The third-order valence-corrected chi connectivity index (χ3v) is 3.91. The SMILES string of the molecule is COc1ccc([C@H](CC(=O)O)CC(=O)NCCCn2ccnc2)cc1. The third kappa shape index (κ3) is 6.29. The molecule has 7 nitrogen and oxygen atoms in total. The van der Waals surface area contributed by atoms with E-state index in [-0.39, 0.29) is 24.7 Å². The highest BCUT2D eigenvalue weighted by Gasteiger charge is 2.19. The number of methoxy groups -OCH3 is 1. The van der Waals surface area contributed by atoms with Crippen molar-refractivity contribution in [2.45, 2.75) is 31.7 Å². The van der Waals surface area contributed by atoms with Gasteiger partial charge in [0.15, 0.2) is 0 Å². The van der Waals surface area contributed by atoms with Gasteiger partial charge in [-0.05, 0) is 24.1 Å². The highest BCUT2D eigenvalue weighted by molar-refractivity contribution is 5.78. The van der Waals surface area contributed by atoms with Crippen molar-refractivity contribution in [3.8, 4) is 5.75 Å². The van der Waals surface area contributed by atoms with Crippen molar-refractivity contribution in [2.75, 3.05) is 13.7 Å². The second-order valence-corrected chi connectivity index (χ2v) is 5.78. The molecule has 0 saturated heterocycles. The van der Waals surface area contributed by atoms with Crippen LogP contribution in [0.2, 0.25) is 0 Å². The van der Waals surface area contributed by atoms with Gasteiger partial charge >= 0.3 is 5.97 Å². The molecule has 0 aliphatic carbocycles. The molecule has 25 heavy (non-hydrogen) atoms. The van der Waals surface area contributed by atoms with Crippen molar-refractivity contribution in [2.24, 2.45) is 0 Å². The van der Waals surface area contributed by atoms with Crippen molar-refractivity contribution in [3.05, 3.63) is 48.5 Å². The lowest BCUT2D eigenvalue weighted by Gasteiger charge is -2.16. The zero-order valence-electron chi connectivity index (χ0n) is 14.2. The number of nitrogens with zero attached hydrogens (tertiary/aromatic N) is 2. The molecule has 0 bridgehead atoms. The van der Waals surface area contributed by atoms with Gasteiger partial charge in [0, 0.05) is 37.8 Å². The minimum atomic E-state index is -0.922. The Morgan fingerprint density at radius 3 is 2.64 bits per heavy atom. The van der Waals surface area contributed by atoms with Gasteiger partial charge in [-0.25, -0.2) is 4.98 Å². The van der Waals surface area contributed by atoms with Gasteiger partial charge in [0.1, 0.15) is 5.75 Å². The van der Waals surface area contributed by atoms with Crippen LogP contribution in [0, 0.1) is 0 Å². The summed E-state index contributed by atoms with van der Waals surface area (Å²) < 4.78 is 7.05. The molecule has 134 valence electrons. The second kappa shape index (κ2) is 9.46. The molecule has 2 N–H and O–H groups in total. The van der Waals surface area contributed by atoms with E-state index in [2.05, 4.69) is 10.3 Å². The molecule has 0 spiro atoms. The van der Waals surface area contributed by atoms with Gasteiger partial charge in [0.05, 0.1) is 19.9 Å². The topological polar surface area (TPSA) is 93.5 Å². The molecule has 0 saturated carbocycles. The Morgan fingerprint density at radius 2 is 2.04 bits per heavy atom. The van der Waals surface area contributed by atoms with Gasteiger partial charge in [-0.2, -0.15) is 0 Å². The fraction of sp³-hybridized carbons (Fsp3) is 0.389. The molecule has 0 radical (unpaired) electrons. The van der Waals surface area contributed by atoms with E-state index in [9.17, 15) is 9.59 Å². The van der Waals surface area contributed by atoms with Gasteiger partial charge in [-0.15, -0.1) is 0 Å². The maximum atomic E-state index is 12.1. The number of amides is 1. The monoisotopic (exact) mass is 345 g/mol. The van der Waals surface area contributed by atoms with E-state index in [0.29, 0.717) is 12.3 Å². The van der Waals surface area contributed by atoms with Gasteiger partial charge < -0.3 is 19.7 Å². The number of ether oxygens (including phenoxy) is 1. The molecule has 2 rings (SSSR count). The van der Waals surface area contributed by atoms with E-state index < -0.39 is 5.97 Å². The molecule has 0 aliphatic rings. The number of carboxylic acid groups (broad SMARTS) is 1. The number of rotatable bonds is 10. The molecule has 0 unspecified atom stereocenters. The third-order valence-electron chi connectivity index (χ3n) is 3.91. The first-order chi connectivity index (χ1) is 12.1. The summed E-state index contributed by atoms with van der Waals surface area (Å²) >= 11 is 0. The van der Waals surface area contributed by atoms with Crippen LogP contribution in [0.3, 0.4) is 0 Å². The average Bonchev–Trinajstić information content (AvgIpc) is 3.11. The Bertz CT molecular complexity index is 668. The lowest BCUT2D eigenvalue weighted by Crippen LogP contribution is -2.27. The first kappa shape index (κ1) is 18.5. The van der Waals surface area contributed by atoms with Crippen molar-refractivity contribution in [1.82, 2.24) is 14.9 Å². The maximum Gasteiger partial charge on any atom is 0.303 e. The van der Waals surface area contributed by atoms with E-state index in [4.69, 9.17) is 9.84 Å². The molecule has 1 atom stereocenters. The average molecular weight is 345 g/mol. The largest absolute Gasteiger partial charge is 0.497 e. The standard InChI is InChI=1S/C18H23N3O4/c1-25-16-5-3-14(4-6-16)15(12-18(23)24)11-17(22)20-7-2-9-21-10-8-19-13-21/h3-6,8,10,13,15H,2,7,9,11-12H2,1H3,(H,20,22)(H,23,24)/t15-/m0/s1. The molecule has 1 heterocycles. The molecule has 2 aromatic rings. The highest BCUT2D eigenvalue weighted by atomic mass is 16.5. The summed E-state index contributed by atoms with van der Waals surface area (Å²) in [4.78, 5) is 27.2. The summed E-state index contributed by atoms with van der Waals surface area (Å²) in [5, 5.41) is 12.0. The summed E-state index contributed by atoms with van der Waals surface area (Å²) in [7, 11) is 1.57. The van der Waals surface area contributed by atoms with E-state index in [1.165, 1.54) is 0 Å². The maximum absolute atomic E-state index is 12.1. The zero-order chi connectivity index (χ0) is 18.1. The fourth-order valence-corrected chi connectivity index (χ4v) is 2.60. The molecular formula is C18H23N3O4. The smallest absolute Gasteiger partial charge is 0.303 e. The summed E-state index contributed by atoms with van der Waals surface area (Å²) in [6.45, 7) is 1.32. The first-order valence-corrected chi connectivity index (χ1v) is 8.16. The summed E-state index contributed by atoms with van der Waals surface area (Å²) in [5.74, 6) is -0.736. The van der Waals surface area contributed by atoms with Gasteiger partial charge in [0.25, 0.3) is 0 Å². The van der Waals surface area contributed by atoms with Crippen molar-refractivity contribution in [3.63, 3.8) is 0 Å². The number of carbonyl (C=O) groups is 2. The molecule has 0 fully saturated rings. The van der Waals surface area contributed by atoms with Crippen LogP contribution in [0.25, 0.3) is 0 Å². The number of nitrogens with one attached hydrogen (secondary N) is 1. The van der Waals surface area contributed by atoms with Gasteiger partial charge in [-0.3, -0.25) is 9.59 Å². The van der Waals surface area contributed by atoms with E-state index in [1.807, 2.05) is 10.8 Å². The highest BCUT2D eigenvalue weighted by Crippen LogP contribution is 2.25. The molecule has 1 aromatic heterocycles. The zero-order valence-corrected chi connectivity index (χ0v) is 14.2. The molecular weight excluding hydrogens is 322 g/mol. The number of aryl methyl sites for hydroxylation is 1. The second-order valence-electron chi connectivity index (χ2n) is 5.78. The molecule has 1 amide bonds. The lowest BCUT2D eigenvalue weighted by molar-refractivity contribution is -0.137. The van der Waals surface area contributed by atoms with Crippen LogP contribution in [-0.2, 0) is 16.1 Å². The quantitative estimate of drug-likeness (QED) is 0.643. The summed E-state index contributed by atoms with van der Waals surface area (Å²) in [6, 6.07) is 7.15. The number of carboxylic acids is 1. The Morgan fingerprint density at radius 1 is 1.28 bits per heavy atom. The number of hydrogen-bond acceptors (Lipinski definition) is 4. The van der Waals surface area contributed by atoms with Crippen LogP contribution in [0.1, 0.15) is 30.7 Å². The predicted molar refractivity (Wildman–Crippen MR) is 92.5 cm³/mol. The molecule has 1 aromatic carbocycles. The van der Waals surface area contributed by atoms with Crippen LogP contribution < -0.4 is 10.1 Å². The minimum absolute atomic E-state index is 0.0885. The number of imidazole rings is 1. The van der Waals surface area contributed by atoms with Crippen LogP contribution >= 0.6 is 0 Å². The van der Waals surface area contributed by atoms with Crippen molar-refractivity contribution in [1.29, 1.82) is 0 Å². The van der Waals surface area contributed by atoms with Crippen LogP contribution in [0.15, 0.2) is 43.0 Å². The van der Waals surface area contributed by atoms with Gasteiger partial charge in [-0.1, -0.05) is 12.1 Å². The van der Waals surface area contributed by atoms with Crippen molar-refractivity contribution >= 4 is 11.9 Å². The Kier molecular flexibility index (Phi) is 7.00. The van der Waals surface area contributed by atoms with Crippen LogP contribution in [0.5, 0.6) is 5.75 Å². The first-order valence-electron chi connectivity index (χ1n) is 8.16. The predicted octanol–water partition coefficient (Wildman–Crippen LogP) is 2.05. The fourth-order valence-electron chi connectivity index (χ4n) is 2.60. The number of benzene rings is 1. The van der Waals surface area contributed by atoms with E-state index in [1.54, 1.807) is 43.9 Å². The van der Waals surface area contributed by atoms with E-state index in [0.717, 1.165) is 18.5 Å². The number of hydrogen-bond donors (Lipinski definition) is 2. The molecule has 7 heteroatoms. The Labute approximate surface area is 146 Å². The van der Waals surface area contributed by atoms with Crippen molar-refractivity contribution < 1.29 is 19.4 Å². The Balaban J connectivity index is 1.84. The van der Waals surface area contributed by atoms with Crippen LogP contribution in [-0.4, -0.2) is 40.2 Å².